The molecule has 5 heteroatoms. The molecule has 0 aliphatic carbocycles. The highest BCUT2D eigenvalue weighted by atomic mass is 16.6. The summed E-state index contributed by atoms with van der Waals surface area (Å²) in [5.74, 6) is 0. The molecule has 0 amide bonds. The van der Waals surface area contributed by atoms with Crippen LogP contribution in [0.4, 0.5) is 5.69 Å². The minimum absolute atomic E-state index is 0.0154. The average molecular weight is 284 g/mol. The Labute approximate surface area is 122 Å². The number of nitro groups is 1. The first-order chi connectivity index (χ1) is 10.1. The highest BCUT2D eigenvalue weighted by Gasteiger charge is 2.10. The molecule has 2 rings (SSSR count). The van der Waals surface area contributed by atoms with E-state index in [0.717, 1.165) is 17.4 Å². The second kappa shape index (κ2) is 6.76. The van der Waals surface area contributed by atoms with Crippen molar-refractivity contribution >= 4 is 12.0 Å². The Balaban J connectivity index is 2.02. The third-order valence-electron chi connectivity index (χ3n) is 3.35. The Kier molecular flexibility index (Phi) is 4.79. The number of nitrogens with one attached hydrogen (secondary N) is 1. The molecule has 0 saturated heterocycles. The Hall–Kier alpha value is -2.53. The molecule has 0 aliphatic rings. The largest absolute Gasteiger partial charge is 0.306 e. The molecule has 0 bridgehead atoms. The van der Waals surface area contributed by atoms with Gasteiger partial charge in [-0.3, -0.25) is 14.9 Å². The van der Waals surface area contributed by atoms with Crippen LogP contribution in [0.5, 0.6) is 0 Å². The Morgan fingerprint density at radius 1 is 1.19 bits per heavy atom. The van der Waals surface area contributed by atoms with Crippen LogP contribution in [0.3, 0.4) is 0 Å². The summed E-state index contributed by atoms with van der Waals surface area (Å²) in [6, 6.07) is 13.9. The van der Waals surface area contributed by atoms with Crippen molar-refractivity contribution in [3.63, 3.8) is 0 Å². The molecule has 0 radical (unpaired) electrons. The fraction of sp³-hybridized carbons (Fsp3) is 0.188. The van der Waals surface area contributed by atoms with Gasteiger partial charge in [-0.05, 0) is 18.1 Å². The van der Waals surface area contributed by atoms with Gasteiger partial charge in [0.1, 0.15) is 6.29 Å². The van der Waals surface area contributed by atoms with Gasteiger partial charge in [0.15, 0.2) is 0 Å². The van der Waals surface area contributed by atoms with Gasteiger partial charge in [0.05, 0.1) is 4.92 Å². The van der Waals surface area contributed by atoms with E-state index in [4.69, 9.17) is 0 Å². The number of rotatable bonds is 6. The van der Waals surface area contributed by atoms with Crippen LogP contribution in [0.2, 0.25) is 0 Å². The second-order valence-electron chi connectivity index (χ2n) is 4.77. The van der Waals surface area contributed by atoms with Crippen LogP contribution in [0.25, 0.3) is 0 Å². The molecule has 0 fully saturated rings. The standard InChI is InChI=1S/C16H16N2O3/c1-12(16-5-3-2-4-14(16)11-19)17-10-13-6-8-15(9-7-13)18(20)21/h2-9,11-12,17H,10H2,1H3. The lowest BCUT2D eigenvalue weighted by Crippen LogP contribution is -2.19. The molecule has 1 N–H and O–H groups in total. The fourth-order valence-corrected chi connectivity index (χ4v) is 2.13. The third kappa shape index (κ3) is 3.73. The topological polar surface area (TPSA) is 72.2 Å². The lowest BCUT2D eigenvalue weighted by Gasteiger charge is -2.16. The molecule has 1 unspecified atom stereocenters. The van der Waals surface area contributed by atoms with Crippen LogP contribution in [-0.4, -0.2) is 11.2 Å². The molecule has 2 aromatic carbocycles. The second-order valence-corrected chi connectivity index (χ2v) is 4.77. The zero-order chi connectivity index (χ0) is 15.2. The van der Waals surface area contributed by atoms with Crippen molar-refractivity contribution in [3.8, 4) is 0 Å². The molecule has 108 valence electrons. The molecular weight excluding hydrogens is 268 g/mol. The molecule has 1 atom stereocenters. The summed E-state index contributed by atoms with van der Waals surface area (Å²) in [4.78, 5) is 21.2. The van der Waals surface area contributed by atoms with E-state index in [1.807, 2.05) is 25.1 Å². The van der Waals surface area contributed by atoms with Gasteiger partial charge >= 0.3 is 0 Å². The fourth-order valence-electron chi connectivity index (χ4n) is 2.13. The maximum atomic E-state index is 11.0. The number of hydrogen-bond donors (Lipinski definition) is 1. The van der Waals surface area contributed by atoms with Gasteiger partial charge < -0.3 is 5.32 Å². The Morgan fingerprint density at radius 3 is 2.48 bits per heavy atom. The van der Waals surface area contributed by atoms with Gasteiger partial charge in [0, 0.05) is 30.3 Å². The Bertz CT molecular complexity index is 638. The number of carbonyl (C=O) groups excluding carboxylic acids is 1. The van der Waals surface area contributed by atoms with E-state index in [0.29, 0.717) is 12.1 Å². The number of hydrogen-bond acceptors (Lipinski definition) is 4. The normalized spacial score (nSPS) is 11.9. The van der Waals surface area contributed by atoms with Gasteiger partial charge in [-0.15, -0.1) is 0 Å². The molecule has 5 nitrogen and oxygen atoms in total. The molecule has 0 spiro atoms. The predicted octanol–water partition coefficient (Wildman–Crippen LogP) is 3.26. The SMILES string of the molecule is CC(NCc1ccc([N+](=O)[O-])cc1)c1ccccc1C=O. The Morgan fingerprint density at radius 2 is 1.86 bits per heavy atom. The first kappa shape index (κ1) is 14.9. The van der Waals surface area contributed by atoms with Crippen molar-refractivity contribution in [2.45, 2.75) is 19.5 Å². The van der Waals surface area contributed by atoms with E-state index >= 15 is 0 Å². The molecule has 0 saturated carbocycles. The van der Waals surface area contributed by atoms with E-state index in [1.54, 1.807) is 18.2 Å². The average Bonchev–Trinajstić information content (AvgIpc) is 2.52. The highest BCUT2D eigenvalue weighted by molar-refractivity contribution is 5.77. The van der Waals surface area contributed by atoms with Gasteiger partial charge in [0.2, 0.25) is 0 Å². The number of carbonyl (C=O) groups is 1. The summed E-state index contributed by atoms with van der Waals surface area (Å²) in [5, 5.41) is 13.9. The molecular formula is C16H16N2O3. The number of benzene rings is 2. The summed E-state index contributed by atoms with van der Waals surface area (Å²) in [7, 11) is 0. The highest BCUT2D eigenvalue weighted by Crippen LogP contribution is 2.17. The minimum Gasteiger partial charge on any atom is -0.306 e. The summed E-state index contributed by atoms with van der Waals surface area (Å²) >= 11 is 0. The van der Waals surface area contributed by atoms with Gasteiger partial charge in [-0.2, -0.15) is 0 Å². The van der Waals surface area contributed by atoms with E-state index in [2.05, 4.69) is 5.32 Å². The van der Waals surface area contributed by atoms with Crippen LogP contribution in [0, 0.1) is 10.1 Å². The number of aldehydes is 1. The van der Waals surface area contributed by atoms with Gasteiger partial charge in [-0.25, -0.2) is 0 Å². The van der Waals surface area contributed by atoms with Crippen molar-refractivity contribution in [1.82, 2.24) is 5.32 Å². The first-order valence-corrected chi connectivity index (χ1v) is 6.62. The van der Waals surface area contributed by atoms with E-state index in [9.17, 15) is 14.9 Å². The maximum Gasteiger partial charge on any atom is 0.269 e. The minimum atomic E-state index is -0.417. The van der Waals surface area contributed by atoms with Crippen molar-refractivity contribution in [1.29, 1.82) is 0 Å². The molecule has 2 aromatic rings. The number of nitrogens with zero attached hydrogens (tertiary/aromatic N) is 1. The summed E-state index contributed by atoms with van der Waals surface area (Å²) in [6.45, 7) is 2.56. The lowest BCUT2D eigenvalue weighted by atomic mass is 10.0. The van der Waals surface area contributed by atoms with Gasteiger partial charge in [0.25, 0.3) is 5.69 Å². The van der Waals surface area contributed by atoms with Crippen LogP contribution >= 0.6 is 0 Å². The first-order valence-electron chi connectivity index (χ1n) is 6.62. The summed E-state index contributed by atoms with van der Waals surface area (Å²) < 4.78 is 0. The molecule has 0 aliphatic heterocycles. The van der Waals surface area contributed by atoms with E-state index in [1.165, 1.54) is 12.1 Å². The van der Waals surface area contributed by atoms with Crippen LogP contribution in [-0.2, 0) is 6.54 Å². The summed E-state index contributed by atoms with van der Waals surface area (Å²) in [6.07, 6.45) is 0.847. The van der Waals surface area contributed by atoms with Crippen molar-refractivity contribution < 1.29 is 9.72 Å². The third-order valence-corrected chi connectivity index (χ3v) is 3.35. The van der Waals surface area contributed by atoms with Crippen LogP contribution < -0.4 is 5.32 Å². The number of nitro benzene ring substituents is 1. The molecule has 21 heavy (non-hydrogen) atoms. The van der Waals surface area contributed by atoms with Crippen molar-refractivity contribution in [2.24, 2.45) is 0 Å². The molecule has 0 aromatic heterocycles. The van der Waals surface area contributed by atoms with Crippen molar-refractivity contribution in [2.75, 3.05) is 0 Å². The van der Waals surface area contributed by atoms with E-state index < -0.39 is 4.92 Å². The zero-order valence-corrected chi connectivity index (χ0v) is 11.7. The van der Waals surface area contributed by atoms with Crippen LogP contribution in [0.15, 0.2) is 48.5 Å². The van der Waals surface area contributed by atoms with Gasteiger partial charge in [-0.1, -0.05) is 36.4 Å². The lowest BCUT2D eigenvalue weighted by molar-refractivity contribution is -0.384. The van der Waals surface area contributed by atoms with Crippen molar-refractivity contribution in [3.05, 3.63) is 75.3 Å². The monoisotopic (exact) mass is 284 g/mol. The zero-order valence-electron chi connectivity index (χ0n) is 11.7. The number of non-ortho nitro benzene ring substituents is 1. The quantitative estimate of drug-likeness (QED) is 0.502. The maximum absolute atomic E-state index is 11.0. The van der Waals surface area contributed by atoms with E-state index in [-0.39, 0.29) is 11.7 Å². The predicted molar refractivity (Wildman–Crippen MR) is 80.2 cm³/mol. The summed E-state index contributed by atoms with van der Waals surface area (Å²) in [5.41, 5.74) is 2.64. The van der Waals surface area contributed by atoms with Crippen LogP contribution in [0.1, 0.15) is 34.5 Å². The molecule has 0 heterocycles. The smallest absolute Gasteiger partial charge is 0.269 e.